The first-order valence-corrected chi connectivity index (χ1v) is 8.41. The van der Waals surface area contributed by atoms with Crippen LogP contribution in [0.4, 0.5) is 9.59 Å². The first-order valence-electron chi connectivity index (χ1n) is 8.41. The molecule has 0 fully saturated rings. The summed E-state index contributed by atoms with van der Waals surface area (Å²) < 4.78 is 10.5. The highest BCUT2D eigenvalue weighted by atomic mass is 16.6. The van der Waals surface area contributed by atoms with Gasteiger partial charge in [-0.05, 0) is 31.7 Å². The van der Waals surface area contributed by atoms with E-state index in [-0.39, 0.29) is 24.6 Å². The maximum absolute atomic E-state index is 12.0. The van der Waals surface area contributed by atoms with Crippen molar-refractivity contribution < 1.29 is 19.1 Å². The summed E-state index contributed by atoms with van der Waals surface area (Å²) in [5.41, 5.74) is 0.0787. The molecule has 1 atom stereocenters. The van der Waals surface area contributed by atoms with E-state index in [1.807, 2.05) is 51.1 Å². The summed E-state index contributed by atoms with van der Waals surface area (Å²) in [4.78, 5) is 23.9. The molecule has 0 heterocycles. The molecule has 0 saturated carbocycles. The largest absolute Gasteiger partial charge is 0.445 e. The van der Waals surface area contributed by atoms with Gasteiger partial charge in [0.2, 0.25) is 0 Å². The van der Waals surface area contributed by atoms with Gasteiger partial charge >= 0.3 is 12.2 Å². The Kier molecular flexibility index (Phi) is 7.27. The number of ether oxygens (including phenoxy) is 2. The summed E-state index contributed by atoms with van der Waals surface area (Å²) in [5.74, 6) is 0. The topological polar surface area (TPSA) is 76.7 Å². The maximum Gasteiger partial charge on any atom is 0.407 e. The molecule has 0 bridgehead atoms. The van der Waals surface area contributed by atoms with E-state index >= 15 is 0 Å². The second-order valence-electron chi connectivity index (χ2n) is 8.01. The smallest absolute Gasteiger partial charge is 0.407 e. The second kappa shape index (κ2) is 8.74. The molecule has 1 aromatic carbocycles. The standard InChI is InChI=1S/C19H30N2O4/c1-18(2,3)15(21-17(23)25-19(4,5)6)12-20-16(22)24-13-14-10-8-7-9-11-14/h7-11,15H,12-13H2,1-6H3,(H,20,22)(H,21,23)/t15-/m0/s1. The third kappa shape index (κ3) is 8.98. The average Bonchev–Trinajstić information content (AvgIpc) is 2.47. The van der Waals surface area contributed by atoms with Gasteiger partial charge in [-0.1, -0.05) is 51.1 Å². The molecule has 1 aromatic rings. The van der Waals surface area contributed by atoms with Gasteiger partial charge in [0.25, 0.3) is 0 Å². The van der Waals surface area contributed by atoms with Crippen molar-refractivity contribution >= 4 is 12.2 Å². The van der Waals surface area contributed by atoms with Gasteiger partial charge in [0.15, 0.2) is 0 Å². The minimum absolute atomic E-state index is 0.201. The molecule has 2 N–H and O–H groups in total. The lowest BCUT2D eigenvalue weighted by atomic mass is 9.87. The number of hydrogen-bond donors (Lipinski definition) is 2. The molecule has 0 aromatic heterocycles. The molecular formula is C19H30N2O4. The molecule has 0 saturated heterocycles. The van der Waals surface area contributed by atoms with Crippen molar-refractivity contribution in [2.45, 2.75) is 59.8 Å². The van der Waals surface area contributed by atoms with Crippen molar-refractivity contribution in [1.82, 2.24) is 10.6 Å². The van der Waals surface area contributed by atoms with Crippen molar-refractivity contribution in [3.8, 4) is 0 Å². The second-order valence-corrected chi connectivity index (χ2v) is 8.01. The van der Waals surface area contributed by atoms with E-state index in [0.717, 1.165) is 5.56 Å². The first kappa shape index (κ1) is 20.8. The molecular weight excluding hydrogens is 320 g/mol. The SMILES string of the molecule is CC(C)(C)OC(=O)N[C@@H](CNC(=O)OCc1ccccc1)C(C)(C)C. The van der Waals surface area contributed by atoms with Crippen LogP contribution in [0.25, 0.3) is 0 Å². The average molecular weight is 350 g/mol. The lowest BCUT2D eigenvalue weighted by Crippen LogP contribution is -2.51. The molecule has 6 nitrogen and oxygen atoms in total. The fraction of sp³-hybridized carbons (Fsp3) is 0.579. The summed E-state index contributed by atoms with van der Waals surface area (Å²) in [6, 6.07) is 9.14. The monoisotopic (exact) mass is 350 g/mol. The Bertz CT molecular complexity index is 559. The Morgan fingerprint density at radius 3 is 2.12 bits per heavy atom. The zero-order valence-electron chi connectivity index (χ0n) is 16.0. The number of amides is 2. The van der Waals surface area contributed by atoms with Gasteiger partial charge in [-0.2, -0.15) is 0 Å². The quantitative estimate of drug-likeness (QED) is 0.845. The fourth-order valence-electron chi connectivity index (χ4n) is 1.98. The van der Waals surface area contributed by atoms with Crippen LogP contribution in [0.15, 0.2) is 30.3 Å². The molecule has 0 aliphatic carbocycles. The Labute approximate surface area is 150 Å². The van der Waals surface area contributed by atoms with E-state index in [9.17, 15) is 9.59 Å². The van der Waals surface area contributed by atoms with Crippen LogP contribution in [0.3, 0.4) is 0 Å². The van der Waals surface area contributed by atoms with E-state index < -0.39 is 17.8 Å². The maximum atomic E-state index is 12.0. The highest BCUT2D eigenvalue weighted by Gasteiger charge is 2.28. The summed E-state index contributed by atoms with van der Waals surface area (Å²) in [5, 5.41) is 5.51. The minimum Gasteiger partial charge on any atom is -0.445 e. The third-order valence-corrected chi connectivity index (χ3v) is 3.40. The number of carbonyl (C=O) groups excluding carboxylic acids is 2. The van der Waals surface area contributed by atoms with Crippen LogP contribution in [0.2, 0.25) is 0 Å². The van der Waals surface area contributed by atoms with Crippen LogP contribution in [0, 0.1) is 5.41 Å². The van der Waals surface area contributed by atoms with E-state index in [0.29, 0.717) is 0 Å². The molecule has 25 heavy (non-hydrogen) atoms. The predicted molar refractivity (Wildman–Crippen MR) is 97.2 cm³/mol. The van der Waals surface area contributed by atoms with Crippen molar-refractivity contribution in [2.75, 3.05) is 6.54 Å². The van der Waals surface area contributed by atoms with E-state index in [1.54, 1.807) is 20.8 Å². The van der Waals surface area contributed by atoms with Gasteiger partial charge in [0.05, 0.1) is 6.04 Å². The Morgan fingerprint density at radius 2 is 1.60 bits per heavy atom. The Morgan fingerprint density at radius 1 is 1.00 bits per heavy atom. The van der Waals surface area contributed by atoms with Gasteiger partial charge in [-0.15, -0.1) is 0 Å². The normalized spacial score (nSPS) is 12.9. The van der Waals surface area contributed by atoms with Gasteiger partial charge in [-0.25, -0.2) is 9.59 Å². The third-order valence-electron chi connectivity index (χ3n) is 3.40. The van der Waals surface area contributed by atoms with Crippen LogP contribution in [0.1, 0.15) is 47.1 Å². The highest BCUT2D eigenvalue weighted by molar-refractivity contribution is 5.69. The van der Waals surface area contributed by atoms with Crippen LogP contribution < -0.4 is 10.6 Å². The molecule has 2 amide bonds. The molecule has 0 aliphatic rings. The number of nitrogens with one attached hydrogen (secondary N) is 2. The summed E-state index contributed by atoms with van der Waals surface area (Å²) in [7, 11) is 0. The van der Waals surface area contributed by atoms with E-state index in [1.165, 1.54) is 0 Å². The van der Waals surface area contributed by atoms with Crippen molar-refractivity contribution in [3.05, 3.63) is 35.9 Å². The van der Waals surface area contributed by atoms with Crippen LogP contribution in [-0.4, -0.2) is 30.4 Å². The van der Waals surface area contributed by atoms with Crippen LogP contribution in [-0.2, 0) is 16.1 Å². The fourth-order valence-corrected chi connectivity index (χ4v) is 1.98. The number of carbonyl (C=O) groups is 2. The van der Waals surface area contributed by atoms with Crippen molar-refractivity contribution in [2.24, 2.45) is 5.41 Å². The molecule has 140 valence electrons. The van der Waals surface area contributed by atoms with Gasteiger partial charge < -0.3 is 20.1 Å². The highest BCUT2D eigenvalue weighted by Crippen LogP contribution is 2.19. The summed E-state index contributed by atoms with van der Waals surface area (Å²) in [6.45, 7) is 11.8. The predicted octanol–water partition coefficient (Wildman–Crippen LogP) is 3.85. The first-order chi connectivity index (χ1) is 11.5. The number of benzene rings is 1. The summed E-state index contributed by atoms with van der Waals surface area (Å²) in [6.07, 6.45) is -1.03. The molecule has 0 radical (unpaired) electrons. The van der Waals surface area contributed by atoms with E-state index in [2.05, 4.69) is 10.6 Å². The molecule has 1 rings (SSSR count). The Balaban J connectivity index is 2.50. The number of hydrogen-bond acceptors (Lipinski definition) is 4. The van der Waals surface area contributed by atoms with Crippen LogP contribution in [0.5, 0.6) is 0 Å². The number of rotatable bonds is 5. The molecule has 6 heteroatoms. The zero-order chi connectivity index (χ0) is 19.1. The zero-order valence-corrected chi connectivity index (χ0v) is 16.0. The number of alkyl carbamates (subject to hydrolysis) is 2. The minimum atomic E-state index is -0.575. The van der Waals surface area contributed by atoms with Crippen molar-refractivity contribution in [3.63, 3.8) is 0 Å². The van der Waals surface area contributed by atoms with Gasteiger partial charge in [-0.3, -0.25) is 0 Å². The molecule has 0 aliphatic heterocycles. The molecule has 0 spiro atoms. The molecule has 0 unspecified atom stereocenters. The summed E-state index contributed by atoms with van der Waals surface area (Å²) >= 11 is 0. The lowest BCUT2D eigenvalue weighted by molar-refractivity contribution is 0.0461. The van der Waals surface area contributed by atoms with Crippen LogP contribution >= 0.6 is 0 Å². The van der Waals surface area contributed by atoms with E-state index in [4.69, 9.17) is 9.47 Å². The van der Waals surface area contributed by atoms with Crippen molar-refractivity contribution in [1.29, 1.82) is 0 Å². The van der Waals surface area contributed by atoms with Gasteiger partial charge in [0, 0.05) is 6.54 Å². The van der Waals surface area contributed by atoms with Gasteiger partial charge in [0.1, 0.15) is 12.2 Å². The Hall–Kier alpha value is -2.24. The lowest BCUT2D eigenvalue weighted by Gasteiger charge is -2.32.